The van der Waals surface area contributed by atoms with E-state index in [1.165, 1.54) is 0 Å². The normalized spacial score (nSPS) is 9.31. The van der Waals surface area contributed by atoms with Crippen molar-refractivity contribution in [3.05, 3.63) is 27.7 Å². The molecule has 0 aliphatic heterocycles. The van der Waals surface area contributed by atoms with Crippen LogP contribution in [0.1, 0.15) is 6.42 Å². The molecule has 0 amide bonds. The highest BCUT2D eigenvalue weighted by Crippen LogP contribution is 2.29. The summed E-state index contributed by atoms with van der Waals surface area (Å²) in [6, 6.07) is 7.64. The maximum absolute atomic E-state index is 8.34. The van der Waals surface area contributed by atoms with Gasteiger partial charge in [0.15, 0.2) is 0 Å². The average molecular weight is 260 g/mol. The summed E-state index contributed by atoms with van der Waals surface area (Å²) in [5.41, 5.74) is 0.919. The summed E-state index contributed by atoms with van der Waals surface area (Å²) in [6.07, 6.45) is 0.485. The number of nitriles is 1. The lowest BCUT2D eigenvalue weighted by Gasteiger charge is -2.06. The van der Waals surface area contributed by atoms with Crippen molar-refractivity contribution < 1.29 is 0 Å². The Morgan fingerprint density at radius 2 is 2.31 bits per heavy atom. The van der Waals surface area contributed by atoms with Crippen LogP contribution in [0.2, 0.25) is 5.02 Å². The monoisotopic (exact) mass is 258 g/mol. The van der Waals surface area contributed by atoms with E-state index in [9.17, 15) is 0 Å². The fourth-order valence-electron chi connectivity index (χ4n) is 0.893. The Morgan fingerprint density at radius 1 is 1.54 bits per heavy atom. The topological polar surface area (TPSA) is 35.8 Å². The van der Waals surface area contributed by atoms with E-state index in [-0.39, 0.29) is 0 Å². The number of halogens is 2. The van der Waals surface area contributed by atoms with E-state index >= 15 is 0 Å². The number of hydrogen-bond donors (Lipinski definition) is 1. The molecule has 1 rings (SSSR count). The zero-order chi connectivity index (χ0) is 9.68. The predicted octanol–water partition coefficient (Wildman–Crippen LogP) is 3.43. The Morgan fingerprint density at radius 3 is 3.00 bits per heavy atom. The molecule has 4 heteroatoms. The highest BCUT2D eigenvalue weighted by molar-refractivity contribution is 9.10. The molecule has 0 saturated carbocycles. The second kappa shape index (κ2) is 5.11. The van der Waals surface area contributed by atoms with Gasteiger partial charge in [-0.25, -0.2) is 0 Å². The van der Waals surface area contributed by atoms with Gasteiger partial charge in [0.25, 0.3) is 0 Å². The van der Waals surface area contributed by atoms with Crippen LogP contribution in [-0.2, 0) is 0 Å². The summed E-state index contributed by atoms with van der Waals surface area (Å²) in [5, 5.41) is 12.1. The van der Waals surface area contributed by atoms with Gasteiger partial charge in [-0.15, -0.1) is 0 Å². The van der Waals surface area contributed by atoms with Crippen LogP contribution in [0.15, 0.2) is 22.7 Å². The molecule has 0 aliphatic carbocycles. The molecule has 0 saturated heterocycles. The molecular formula is C9H8BrClN2. The van der Waals surface area contributed by atoms with Crippen molar-refractivity contribution in [1.82, 2.24) is 0 Å². The predicted molar refractivity (Wildman–Crippen MR) is 57.9 cm³/mol. The molecule has 0 fully saturated rings. The van der Waals surface area contributed by atoms with E-state index in [4.69, 9.17) is 16.9 Å². The molecule has 0 unspecified atom stereocenters. The maximum Gasteiger partial charge on any atom is 0.0640 e. The molecule has 1 aromatic rings. The zero-order valence-corrected chi connectivity index (χ0v) is 9.19. The molecular weight excluding hydrogens is 251 g/mol. The van der Waals surface area contributed by atoms with Gasteiger partial charge >= 0.3 is 0 Å². The third kappa shape index (κ3) is 2.91. The molecule has 0 bridgehead atoms. The quantitative estimate of drug-likeness (QED) is 0.844. The van der Waals surface area contributed by atoms with Crippen LogP contribution < -0.4 is 5.32 Å². The summed E-state index contributed by atoms with van der Waals surface area (Å²) >= 11 is 9.23. The third-order valence-electron chi connectivity index (χ3n) is 1.50. The van der Waals surface area contributed by atoms with Gasteiger partial charge in [0, 0.05) is 12.2 Å². The van der Waals surface area contributed by atoms with E-state index in [1.54, 1.807) is 6.07 Å². The van der Waals surface area contributed by atoms with Crippen molar-refractivity contribution in [3.8, 4) is 6.07 Å². The van der Waals surface area contributed by atoms with Gasteiger partial charge in [-0.05, 0) is 28.1 Å². The molecule has 1 N–H and O–H groups in total. The fourth-order valence-corrected chi connectivity index (χ4v) is 1.47. The first kappa shape index (κ1) is 10.4. The summed E-state index contributed by atoms with van der Waals surface area (Å²) in [6.45, 7) is 0.634. The number of nitrogens with zero attached hydrogens (tertiary/aromatic N) is 1. The Balaban J connectivity index is 2.67. The molecule has 0 atom stereocenters. The lowest BCUT2D eigenvalue weighted by atomic mass is 10.3. The molecule has 68 valence electrons. The molecule has 13 heavy (non-hydrogen) atoms. The van der Waals surface area contributed by atoms with Gasteiger partial charge in [0.2, 0.25) is 0 Å². The van der Waals surface area contributed by atoms with Crippen molar-refractivity contribution in [1.29, 1.82) is 5.26 Å². The number of rotatable bonds is 3. The van der Waals surface area contributed by atoms with E-state index in [0.29, 0.717) is 18.0 Å². The van der Waals surface area contributed by atoms with Gasteiger partial charge in [0.1, 0.15) is 0 Å². The van der Waals surface area contributed by atoms with Crippen molar-refractivity contribution in [2.24, 2.45) is 0 Å². The first-order valence-electron chi connectivity index (χ1n) is 3.80. The molecule has 1 aromatic carbocycles. The molecule has 0 radical (unpaired) electrons. The summed E-state index contributed by atoms with van der Waals surface area (Å²) in [4.78, 5) is 0. The van der Waals surface area contributed by atoms with Crippen molar-refractivity contribution in [2.75, 3.05) is 11.9 Å². The minimum Gasteiger partial charge on any atom is -0.383 e. The molecule has 2 nitrogen and oxygen atoms in total. The first-order valence-corrected chi connectivity index (χ1v) is 4.97. The highest BCUT2D eigenvalue weighted by Gasteiger charge is 2.01. The average Bonchev–Trinajstić information content (AvgIpc) is 2.13. The summed E-state index contributed by atoms with van der Waals surface area (Å²) in [5.74, 6) is 0. The molecule has 0 aromatic heterocycles. The molecule has 0 heterocycles. The van der Waals surface area contributed by atoms with Gasteiger partial charge < -0.3 is 5.32 Å². The lowest BCUT2D eigenvalue weighted by molar-refractivity contribution is 1.07. The van der Waals surface area contributed by atoms with Gasteiger partial charge in [0.05, 0.1) is 22.0 Å². The minimum atomic E-state index is 0.485. The second-order valence-electron chi connectivity index (χ2n) is 2.44. The van der Waals surface area contributed by atoms with Crippen LogP contribution in [0.5, 0.6) is 0 Å². The van der Waals surface area contributed by atoms with Crippen LogP contribution in [-0.4, -0.2) is 6.54 Å². The van der Waals surface area contributed by atoms with Gasteiger partial charge in [-0.1, -0.05) is 17.7 Å². The summed E-state index contributed by atoms with van der Waals surface area (Å²) < 4.78 is 0.842. The Bertz CT molecular complexity index is 333. The molecule has 0 aliphatic rings. The van der Waals surface area contributed by atoms with Crippen molar-refractivity contribution in [2.45, 2.75) is 6.42 Å². The smallest absolute Gasteiger partial charge is 0.0640 e. The van der Waals surface area contributed by atoms with Gasteiger partial charge in [-0.2, -0.15) is 5.26 Å². The molecule has 0 spiro atoms. The van der Waals surface area contributed by atoms with Crippen molar-refractivity contribution >= 4 is 33.2 Å². The van der Waals surface area contributed by atoms with Crippen molar-refractivity contribution in [3.63, 3.8) is 0 Å². The Labute approximate surface area is 90.6 Å². The van der Waals surface area contributed by atoms with E-state index < -0.39 is 0 Å². The number of nitrogens with one attached hydrogen (secondary N) is 1. The highest BCUT2D eigenvalue weighted by atomic mass is 79.9. The zero-order valence-electron chi connectivity index (χ0n) is 6.85. The van der Waals surface area contributed by atoms with E-state index in [2.05, 4.69) is 27.3 Å². The van der Waals surface area contributed by atoms with Crippen LogP contribution in [0, 0.1) is 11.3 Å². The maximum atomic E-state index is 8.34. The number of anilines is 1. The minimum absolute atomic E-state index is 0.485. The number of hydrogen-bond acceptors (Lipinski definition) is 2. The summed E-state index contributed by atoms with van der Waals surface area (Å²) in [7, 11) is 0. The SMILES string of the molecule is N#CCCNc1cccc(Cl)c1Br. The first-order chi connectivity index (χ1) is 6.25. The third-order valence-corrected chi connectivity index (χ3v) is 2.90. The standard InChI is InChI=1S/C9H8BrClN2/c10-9-7(11)3-1-4-8(9)13-6-2-5-12/h1,3-4,13H,2,6H2. The second-order valence-corrected chi connectivity index (χ2v) is 3.64. The number of benzene rings is 1. The van der Waals surface area contributed by atoms with Crippen LogP contribution in [0.25, 0.3) is 0 Å². The van der Waals surface area contributed by atoms with Gasteiger partial charge in [-0.3, -0.25) is 0 Å². The Hall–Kier alpha value is -0.720. The lowest BCUT2D eigenvalue weighted by Crippen LogP contribution is -2.00. The van der Waals surface area contributed by atoms with Crippen LogP contribution >= 0.6 is 27.5 Å². The van der Waals surface area contributed by atoms with Crippen LogP contribution in [0.4, 0.5) is 5.69 Å². The van der Waals surface area contributed by atoms with Crippen LogP contribution in [0.3, 0.4) is 0 Å². The largest absolute Gasteiger partial charge is 0.383 e. The van der Waals surface area contributed by atoms with E-state index in [0.717, 1.165) is 10.2 Å². The Kier molecular flexibility index (Phi) is 4.07. The fraction of sp³-hybridized carbons (Fsp3) is 0.222. The van der Waals surface area contributed by atoms with E-state index in [1.807, 2.05) is 12.1 Å².